The summed E-state index contributed by atoms with van der Waals surface area (Å²) in [6.07, 6.45) is -0.464. The summed E-state index contributed by atoms with van der Waals surface area (Å²) in [6, 6.07) is 14.1. The minimum absolute atomic E-state index is 0. The topological polar surface area (TPSA) is 32.7 Å². The molecule has 0 bridgehead atoms. The first-order valence-corrected chi connectivity index (χ1v) is 7.25. The zero-order valence-electron chi connectivity index (χ0n) is 12.7. The number of hydrogen-bond donors (Lipinski definition) is 1. The number of nitrogens with zero attached hydrogens (tertiary/aromatic N) is 1. The highest BCUT2D eigenvalue weighted by atomic mass is 35.5. The quantitative estimate of drug-likeness (QED) is 0.851. The molecule has 2 aromatic carbocycles. The SMILES string of the molecule is CCN(CC)CC(O)COc1cccc2ccccc12.Cl. The van der Waals surface area contributed by atoms with E-state index in [4.69, 9.17) is 4.74 Å². The molecule has 21 heavy (non-hydrogen) atoms. The maximum atomic E-state index is 10.0. The molecule has 0 aliphatic heterocycles. The molecule has 0 aliphatic rings. The molecule has 0 saturated heterocycles. The Morgan fingerprint density at radius 1 is 1.05 bits per heavy atom. The number of aliphatic hydroxyl groups excluding tert-OH is 1. The van der Waals surface area contributed by atoms with Crippen LogP contribution in [0.25, 0.3) is 10.8 Å². The first-order chi connectivity index (χ1) is 9.74. The Hall–Kier alpha value is -1.29. The van der Waals surface area contributed by atoms with E-state index in [1.807, 2.05) is 30.3 Å². The van der Waals surface area contributed by atoms with Crippen LogP contribution in [0.4, 0.5) is 0 Å². The summed E-state index contributed by atoms with van der Waals surface area (Å²) >= 11 is 0. The molecule has 0 spiro atoms. The molecule has 4 heteroatoms. The average Bonchev–Trinajstić information content (AvgIpc) is 2.50. The van der Waals surface area contributed by atoms with Crippen LogP contribution in [0.2, 0.25) is 0 Å². The van der Waals surface area contributed by atoms with E-state index >= 15 is 0 Å². The van der Waals surface area contributed by atoms with Crippen LogP contribution in [0, 0.1) is 0 Å². The van der Waals surface area contributed by atoms with Crippen molar-refractivity contribution in [2.24, 2.45) is 0 Å². The molecule has 3 nitrogen and oxygen atoms in total. The van der Waals surface area contributed by atoms with Gasteiger partial charge in [-0.3, -0.25) is 0 Å². The van der Waals surface area contributed by atoms with Gasteiger partial charge >= 0.3 is 0 Å². The smallest absolute Gasteiger partial charge is 0.127 e. The highest BCUT2D eigenvalue weighted by Crippen LogP contribution is 2.25. The highest BCUT2D eigenvalue weighted by Gasteiger charge is 2.10. The fraction of sp³-hybridized carbons (Fsp3) is 0.412. The fourth-order valence-electron chi connectivity index (χ4n) is 2.34. The second-order valence-electron chi connectivity index (χ2n) is 4.93. The van der Waals surface area contributed by atoms with Crippen molar-refractivity contribution in [1.29, 1.82) is 0 Å². The first-order valence-electron chi connectivity index (χ1n) is 7.25. The molecule has 0 saturated carbocycles. The zero-order valence-corrected chi connectivity index (χ0v) is 13.5. The van der Waals surface area contributed by atoms with E-state index in [9.17, 15) is 5.11 Å². The second-order valence-corrected chi connectivity index (χ2v) is 4.93. The first kappa shape index (κ1) is 17.8. The van der Waals surface area contributed by atoms with Gasteiger partial charge < -0.3 is 14.7 Å². The van der Waals surface area contributed by atoms with Gasteiger partial charge in [0.2, 0.25) is 0 Å². The van der Waals surface area contributed by atoms with Crippen molar-refractivity contribution in [3.63, 3.8) is 0 Å². The summed E-state index contributed by atoms with van der Waals surface area (Å²) in [5, 5.41) is 12.3. The van der Waals surface area contributed by atoms with Gasteiger partial charge in [-0.05, 0) is 24.5 Å². The van der Waals surface area contributed by atoms with Gasteiger partial charge in [0.25, 0.3) is 0 Å². The number of fused-ring (bicyclic) bond motifs is 1. The van der Waals surface area contributed by atoms with Crippen LogP contribution in [-0.2, 0) is 0 Å². The third-order valence-electron chi connectivity index (χ3n) is 3.54. The van der Waals surface area contributed by atoms with Crippen LogP contribution >= 0.6 is 12.4 Å². The van der Waals surface area contributed by atoms with Crippen molar-refractivity contribution in [3.8, 4) is 5.75 Å². The van der Waals surface area contributed by atoms with Gasteiger partial charge in [-0.2, -0.15) is 0 Å². The molecule has 0 fully saturated rings. The molecule has 0 aliphatic carbocycles. The summed E-state index contributed by atoms with van der Waals surface area (Å²) in [4.78, 5) is 2.19. The average molecular weight is 310 g/mol. The number of likely N-dealkylation sites (N-methyl/N-ethyl adjacent to an activating group) is 1. The minimum Gasteiger partial charge on any atom is -0.490 e. The van der Waals surface area contributed by atoms with Gasteiger partial charge in [-0.15, -0.1) is 12.4 Å². The largest absolute Gasteiger partial charge is 0.490 e. The number of aliphatic hydroxyl groups is 1. The Balaban J connectivity index is 0.00000220. The lowest BCUT2D eigenvalue weighted by Gasteiger charge is -2.22. The van der Waals surface area contributed by atoms with E-state index in [-0.39, 0.29) is 12.4 Å². The number of hydrogen-bond acceptors (Lipinski definition) is 3. The fourth-order valence-corrected chi connectivity index (χ4v) is 2.34. The Labute approximate surface area is 132 Å². The lowest BCUT2D eigenvalue weighted by molar-refractivity contribution is 0.0722. The molecule has 0 heterocycles. The lowest BCUT2D eigenvalue weighted by Crippen LogP contribution is -2.35. The summed E-state index contributed by atoms with van der Waals surface area (Å²) < 4.78 is 5.79. The lowest BCUT2D eigenvalue weighted by atomic mass is 10.1. The van der Waals surface area contributed by atoms with E-state index in [0.717, 1.165) is 29.6 Å². The minimum atomic E-state index is -0.464. The van der Waals surface area contributed by atoms with Crippen LogP contribution < -0.4 is 4.74 Å². The van der Waals surface area contributed by atoms with Gasteiger partial charge in [0.15, 0.2) is 0 Å². The predicted octanol–water partition coefficient (Wildman–Crippen LogP) is 3.34. The van der Waals surface area contributed by atoms with Crippen molar-refractivity contribution in [2.45, 2.75) is 20.0 Å². The predicted molar refractivity (Wildman–Crippen MR) is 90.5 cm³/mol. The van der Waals surface area contributed by atoms with E-state index in [1.54, 1.807) is 0 Å². The summed E-state index contributed by atoms with van der Waals surface area (Å²) in [6.45, 7) is 7.06. The standard InChI is InChI=1S/C17H23NO2.ClH/c1-3-18(4-2)12-15(19)13-20-17-11-7-9-14-8-5-6-10-16(14)17;/h5-11,15,19H,3-4,12-13H2,1-2H3;1H. The molecular weight excluding hydrogens is 286 g/mol. The van der Waals surface area contributed by atoms with Crippen molar-refractivity contribution in [1.82, 2.24) is 4.90 Å². The van der Waals surface area contributed by atoms with Gasteiger partial charge in [0.1, 0.15) is 18.5 Å². The second kappa shape index (κ2) is 8.88. The van der Waals surface area contributed by atoms with Crippen molar-refractivity contribution in [3.05, 3.63) is 42.5 Å². The summed E-state index contributed by atoms with van der Waals surface area (Å²) in [5.41, 5.74) is 0. The number of ether oxygens (including phenoxy) is 1. The molecule has 0 aromatic heterocycles. The Morgan fingerprint density at radius 3 is 2.43 bits per heavy atom. The molecule has 0 radical (unpaired) electrons. The van der Waals surface area contributed by atoms with Crippen LogP contribution in [0.15, 0.2) is 42.5 Å². The number of halogens is 1. The van der Waals surface area contributed by atoms with Crippen LogP contribution in [0.3, 0.4) is 0 Å². The monoisotopic (exact) mass is 309 g/mol. The Morgan fingerprint density at radius 2 is 1.71 bits per heavy atom. The van der Waals surface area contributed by atoms with E-state index in [0.29, 0.717) is 13.2 Å². The maximum Gasteiger partial charge on any atom is 0.127 e. The van der Waals surface area contributed by atoms with Crippen molar-refractivity contribution in [2.75, 3.05) is 26.2 Å². The Kier molecular flexibility index (Phi) is 7.51. The number of rotatable bonds is 7. The highest BCUT2D eigenvalue weighted by molar-refractivity contribution is 5.88. The van der Waals surface area contributed by atoms with E-state index in [1.165, 1.54) is 0 Å². The molecule has 0 amide bonds. The molecule has 1 atom stereocenters. The van der Waals surface area contributed by atoms with E-state index in [2.05, 4.69) is 30.9 Å². The summed E-state index contributed by atoms with van der Waals surface area (Å²) in [7, 11) is 0. The number of benzene rings is 2. The van der Waals surface area contributed by atoms with Crippen LogP contribution in [0.1, 0.15) is 13.8 Å². The molecule has 1 N–H and O–H groups in total. The molecular formula is C17H24ClNO2. The zero-order chi connectivity index (χ0) is 14.4. The van der Waals surface area contributed by atoms with E-state index < -0.39 is 6.10 Å². The summed E-state index contributed by atoms with van der Waals surface area (Å²) in [5.74, 6) is 0.835. The van der Waals surface area contributed by atoms with Gasteiger partial charge in [0, 0.05) is 11.9 Å². The third-order valence-corrected chi connectivity index (χ3v) is 3.54. The van der Waals surface area contributed by atoms with Gasteiger partial charge in [0.05, 0.1) is 0 Å². The molecule has 2 aromatic rings. The van der Waals surface area contributed by atoms with Crippen LogP contribution in [0.5, 0.6) is 5.75 Å². The van der Waals surface area contributed by atoms with Gasteiger partial charge in [-0.25, -0.2) is 0 Å². The van der Waals surface area contributed by atoms with Crippen molar-refractivity contribution < 1.29 is 9.84 Å². The van der Waals surface area contributed by atoms with Gasteiger partial charge in [-0.1, -0.05) is 50.2 Å². The molecule has 116 valence electrons. The maximum absolute atomic E-state index is 10.0. The third kappa shape index (κ3) is 4.88. The normalized spacial score (nSPS) is 12.2. The molecule has 2 rings (SSSR count). The van der Waals surface area contributed by atoms with Crippen LogP contribution in [-0.4, -0.2) is 42.4 Å². The van der Waals surface area contributed by atoms with Crippen molar-refractivity contribution >= 4 is 23.2 Å². The molecule has 1 unspecified atom stereocenters. The Bertz CT molecular complexity index is 538.